The smallest absolute Gasteiger partial charge is 0.201 e. The van der Waals surface area contributed by atoms with E-state index in [9.17, 15) is 0 Å². The molecular formula is C71H94N4+4. The van der Waals surface area contributed by atoms with Crippen LogP contribution in [0.3, 0.4) is 0 Å². The third-order valence-electron chi connectivity index (χ3n) is 12.6. The maximum atomic E-state index is 8.42. The monoisotopic (exact) mass is 1030 g/mol. The standard InChI is InChI=1S/C19H26N.2C18H24N.C16H20N/c1-14-7-9-17(15(2)11-14)18-10-8-16(13-20(18)6)12-19(3,4)5;1-12(2)17-11-19(6)18(10-15(17)5)16-8-7-13(3)9-14(16)4;1-13(2)10-16-7-9-18(19(5)12-16)17-8-6-14(3)11-15(17)4;1-11-6-7-16(17(5)10-11)15-9-13(3)12(2)8-14(15)4/h7-11,13H,12H2,1-6H3;7-12H,1-6H3;6-9,11-13H,10H2,1-5H3;6-10H,1-5H3/q4*+1/i1D3,12D2;1D3,3D3,12D;3D3,10D2;1D3,2D3. The van der Waals surface area contributed by atoms with E-state index < -0.39 is 65.2 Å². The molecule has 0 aliphatic rings. The molecule has 8 aromatic rings. The summed E-state index contributed by atoms with van der Waals surface area (Å²) in [5, 5.41) is 0. The fourth-order valence-electron chi connectivity index (χ4n) is 8.94. The van der Waals surface area contributed by atoms with E-state index in [4.69, 9.17) is 31.5 Å². The Hall–Kier alpha value is -6.52. The van der Waals surface area contributed by atoms with Crippen LogP contribution in [0.25, 0.3) is 45.0 Å². The normalized spacial score (nSPS) is 17.9. The van der Waals surface area contributed by atoms with E-state index in [-0.39, 0.29) is 17.0 Å². The van der Waals surface area contributed by atoms with Gasteiger partial charge in [0.25, 0.3) is 0 Å². The Morgan fingerprint density at radius 2 is 0.867 bits per heavy atom. The van der Waals surface area contributed by atoms with Gasteiger partial charge >= 0.3 is 0 Å². The third kappa shape index (κ3) is 16.5. The van der Waals surface area contributed by atoms with Gasteiger partial charge in [0.05, 0.1) is 0 Å². The van der Waals surface area contributed by atoms with Gasteiger partial charge in [0, 0.05) is 100 Å². The molecule has 4 aromatic heterocycles. The highest BCUT2D eigenvalue weighted by Crippen LogP contribution is 2.28. The Labute approximate surface area is 488 Å². The average Bonchev–Trinajstić information content (AvgIpc) is 0.780. The Morgan fingerprint density at radius 3 is 1.32 bits per heavy atom. The molecule has 1 unspecified atom stereocenters. The zero-order chi connectivity index (χ0) is 75.1. The summed E-state index contributed by atoms with van der Waals surface area (Å²) >= 11 is 0. The lowest BCUT2D eigenvalue weighted by molar-refractivity contribution is -0.661. The van der Waals surface area contributed by atoms with Crippen molar-refractivity contribution in [1.29, 1.82) is 0 Å². The van der Waals surface area contributed by atoms with E-state index in [1.165, 1.54) is 6.92 Å². The molecule has 4 heterocycles. The summed E-state index contributed by atoms with van der Waals surface area (Å²) in [6, 6.07) is 31.5. The molecule has 0 aliphatic heterocycles. The van der Waals surface area contributed by atoms with Crippen LogP contribution in [0.4, 0.5) is 0 Å². The molecule has 0 bridgehead atoms. The predicted molar refractivity (Wildman–Crippen MR) is 320 cm³/mol. The van der Waals surface area contributed by atoms with Crippen LogP contribution in [0.1, 0.15) is 164 Å². The van der Waals surface area contributed by atoms with Gasteiger partial charge in [-0.25, -0.2) is 18.3 Å². The number of aromatic nitrogens is 4. The number of hydrogen-bond donors (Lipinski definition) is 0. The molecule has 0 saturated heterocycles. The Kier molecular flexibility index (Phi) is 11.8. The molecule has 8 rings (SSSR count). The van der Waals surface area contributed by atoms with Crippen LogP contribution < -0.4 is 18.3 Å². The van der Waals surface area contributed by atoms with Gasteiger partial charge in [-0.2, -0.15) is 0 Å². The number of rotatable bonds is 8. The molecule has 394 valence electrons. The molecule has 0 radical (unpaired) electrons. The van der Waals surface area contributed by atoms with Gasteiger partial charge in [-0.15, -0.1) is 0 Å². The maximum absolute atomic E-state index is 8.42. The SMILES string of the molecule is [2H]C([2H])([2H])c1ccc(-c2cc(C)c(C([2H])(C)C([2H])([2H])[2H])c[n+]2C)c(C)c1.[2H]C([2H])([2H])c1ccc(-c2cc(C)c(C([2H])([2H])[2H])cc2C)[n+](C)c1.[2H]C([2H])([2H])c1ccc(-c2ccc(C([2H])([2H])C(C)(C)C)c[n+]2C)c(C)c1.[2H]C([2H])([2H])c1ccc(-c2ccc(C([2H])([2H])C(C)C)c[n+]2C)c(C)c1. The number of aryl methyl sites for hydroxylation is 15. The van der Waals surface area contributed by atoms with Crippen molar-refractivity contribution in [2.75, 3.05) is 0 Å². The van der Waals surface area contributed by atoms with E-state index in [0.29, 0.717) is 44.5 Å². The fraction of sp³-hybridized carbons (Fsp3) is 0.380. The molecule has 75 heavy (non-hydrogen) atoms. The first-order valence-electron chi connectivity index (χ1n) is 36.7. The highest BCUT2D eigenvalue weighted by molar-refractivity contribution is 5.65. The molecule has 1 atom stereocenters. The van der Waals surface area contributed by atoms with Gasteiger partial charge in [-0.1, -0.05) is 108 Å². The maximum Gasteiger partial charge on any atom is 0.212 e. The molecule has 4 aromatic carbocycles. The van der Waals surface area contributed by atoms with E-state index in [2.05, 4.69) is 0 Å². The molecule has 0 N–H and O–H groups in total. The summed E-state index contributed by atoms with van der Waals surface area (Å²) in [4.78, 5) is 0. The third-order valence-corrected chi connectivity index (χ3v) is 12.6. The van der Waals surface area contributed by atoms with E-state index in [0.717, 1.165) is 67.3 Å². The van der Waals surface area contributed by atoms with Crippen molar-refractivity contribution >= 4 is 0 Å². The van der Waals surface area contributed by atoms with Gasteiger partial charge in [0.15, 0.2) is 24.8 Å². The summed E-state index contributed by atoms with van der Waals surface area (Å²) in [7, 11) is 7.35. The summed E-state index contributed by atoms with van der Waals surface area (Å²) in [5.74, 6) is -1.84. The minimum absolute atomic E-state index is 0.122. The highest BCUT2D eigenvalue weighted by atomic mass is 14.9. The summed E-state index contributed by atoms with van der Waals surface area (Å²) < 4.78 is 185. The zero-order valence-electron chi connectivity index (χ0n) is 70.1. The summed E-state index contributed by atoms with van der Waals surface area (Å²) in [5.41, 5.74) is 14.8. The lowest BCUT2D eigenvalue weighted by Gasteiger charge is -2.17. The first-order chi connectivity index (χ1) is 44.3. The Morgan fingerprint density at radius 1 is 0.427 bits per heavy atom. The van der Waals surface area contributed by atoms with Crippen molar-refractivity contribution in [2.45, 2.75) is 143 Å². The molecule has 0 aliphatic carbocycles. The number of nitrogens with zero attached hydrogens (tertiary/aromatic N) is 4. The second-order valence-electron chi connectivity index (χ2n) is 21.0. The van der Waals surface area contributed by atoms with Crippen molar-refractivity contribution in [1.82, 2.24) is 0 Å². The minimum Gasteiger partial charge on any atom is -0.201 e. The Bertz CT molecular complexity index is 4180. The van der Waals surface area contributed by atoms with Crippen LogP contribution in [0.2, 0.25) is 0 Å². The lowest BCUT2D eigenvalue weighted by atomic mass is 9.88. The molecular weight excluding hydrogens is 909 g/mol. The number of benzene rings is 4. The van der Waals surface area contributed by atoms with Gasteiger partial charge in [-0.05, 0) is 187 Å². The van der Waals surface area contributed by atoms with Crippen LogP contribution in [0.15, 0.2) is 134 Å². The van der Waals surface area contributed by atoms with Gasteiger partial charge in [-0.3, -0.25) is 0 Å². The molecule has 0 saturated carbocycles. The Balaban J connectivity index is 0.000000236. The fourth-order valence-corrected chi connectivity index (χ4v) is 8.94. The summed E-state index contributed by atoms with van der Waals surface area (Å²) in [6.07, 6.45) is 4.06. The molecule has 0 amide bonds. The molecule has 4 nitrogen and oxygen atoms in total. The van der Waals surface area contributed by atoms with Crippen LogP contribution in [0.5, 0.6) is 0 Å². The first-order valence-corrected chi connectivity index (χ1v) is 25.2. The predicted octanol–water partition coefficient (Wildman–Crippen LogP) is 16.0. The quantitative estimate of drug-likeness (QED) is 0.135. The topological polar surface area (TPSA) is 15.5 Å². The number of hydrogen-bond acceptors (Lipinski definition) is 0. The van der Waals surface area contributed by atoms with E-state index >= 15 is 0 Å². The molecule has 0 fully saturated rings. The van der Waals surface area contributed by atoms with Crippen molar-refractivity contribution in [2.24, 2.45) is 39.5 Å². The highest BCUT2D eigenvalue weighted by Gasteiger charge is 2.20. The van der Waals surface area contributed by atoms with Crippen molar-refractivity contribution in [3.05, 3.63) is 212 Å². The van der Waals surface area contributed by atoms with E-state index in [1.807, 2.05) is 146 Å². The second-order valence-corrected chi connectivity index (χ2v) is 21.0. The molecule has 4 heteroatoms. The second kappa shape index (κ2) is 25.8. The largest absolute Gasteiger partial charge is 0.212 e. The lowest BCUT2D eigenvalue weighted by Crippen LogP contribution is -2.32. The van der Waals surface area contributed by atoms with Crippen LogP contribution in [0, 0.1) is 87.1 Å². The van der Waals surface area contributed by atoms with Gasteiger partial charge in [0.1, 0.15) is 28.2 Å². The average molecular weight is 1030 g/mol. The van der Waals surface area contributed by atoms with Gasteiger partial charge < -0.3 is 0 Å². The van der Waals surface area contributed by atoms with Crippen LogP contribution in [-0.2, 0) is 40.9 Å². The first kappa shape index (κ1) is 34.2. The van der Waals surface area contributed by atoms with Crippen molar-refractivity contribution < 1.29 is 49.8 Å². The van der Waals surface area contributed by atoms with Gasteiger partial charge in [0.2, 0.25) is 22.8 Å². The zero-order valence-corrected chi connectivity index (χ0v) is 47.1. The van der Waals surface area contributed by atoms with E-state index in [1.54, 1.807) is 110 Å². The molecule has 0 spiro atoms. The van der Waals surface area contributed by atoms with Crippen LogP contribution in [-0.4, -0.2) is 0 Å². The van der Waals surface area contributed by atoms with Crippen molar-refractivity contribution in [3.63, 3.8) is 0 Å². The van der Waals surface area contributed by atoms with Crippen LogP contribution >= 0.6 is 0 Å². The minimum atomic E-state index is -2.44. The van der Waals surface area contributed by atoms with Crippen molar-refractivity contribution in [3.8, 4) is 45.0 Å². The number of pyridine rings is 4. The summed E-state index contributed by atoms with van der Waals surface area (Å²) in [6.45, 7) is 8.77.